The Morgan fingerprint density at radius 3 is 1.71 bits per heavy atom. The summed E-state index contributed by atoms with van der Waals surface area (Å²) in [6.07, 6.45) is 0. The molecule has 0 aliphatic carbocycles. The number of nitrogens with zero attached hydrogens (tertiary/aromatic N) is 2. The Bertz CT molecular complexity index is 411. The number of nitriles is 2. The molecule has 0 amide bonds. The molecule has 0 aliphatic heterocycles. The fourth-order valence-electron chi connectivity index (χ4n) is 1.44. The first-order valence-corrected chi connectivity index (χ1v) is 4.17. The second-order valence-corrected chi connectivity index (χ2v) is 3.20. The zero-order valence-electron chi connectivity index (χ0n) is 8.34. The first-order chi connectivity index (χ1) is 6.54. The third kappa shape index (κ3) is 1.26. The fourth-order valence-corrected chi connectivity index (χ4v) is 1.44. The second kappa shape index (κ2) is 3.51. The first-order valence-electron chi connectivity index (χ1n) is 4.17. The first kappa shape index (κ1) is 10.3. The van der Waals surface area contributed by atoms with Gasteiger partial charge in [-0.05, 0) is 5.46 Å². The zero-order valence-corrected chi connectivity index (χ0v) is 8.34. The number of phenols is 1. The van der Waals surface area contributed by atoms with Crippen LogP contribution in [0.15, 0.2) is 0 Å². The van der Waals surface area contributed by atoms with Crippen molar-refractivity contribution in [2.45, 2.75) is 0 Å². The average Bonchev–Trinajstić information content (AvgIpc) is 2.17. The second-order valence-electron chi connectivity index (χ2n) is 3.20. The van der Waals surface area contributed by atoms with Crippen molar-refractivity contribution < 1.29 is 5.11 Å². The summed E-state index contributed by atoms with van der Waals surface area (Å²) in [5.41, 5.74) is 2.64. The topological polar surface area (TPSA) is 67.8 Å². The molecule has 1 N–H and O–H groups in total. The number of benzene rings is 1. The van der Waals surface area contributed by atoms with Crippen LogP contribution in [0.1, 0.15) is 11.1 Å². The van der Waals surface area contributed by atoms with E-state index in [-0.39, 0.29) is 11.3 Å². The maximum Gasteiger partial charge on any atom is 0.145 e. The predicted octanol–water partition coefficient (Wildman–Crippen LogP) is -4.09. The molecule has 64 valence electrons. The van der Waals surface area contributed by atoms with Crippen LogP contribution < -0.4 is 16.4 Å². The van der Waals surface area contributed by atoms with E-state index in [4.69, 9.17) is 10.5 Å². The van der Waals surface area contributed by atoms with Gasteiger partial charge in [0.15, 0.2) is 0 Å². The lowest BCUT2D eigenvalue weighted by molar-refractivity contribution is 0.478. The van der Waals surface area contributed by atoms with Crippen molar-refractivity contribution >= 4 is 39.9 Å². The van der Waals surface area contributed by atoms with Gasteiger partial charge in [-0.1, -0.05) is 10.9 Å². The molecule has 0 spiro atoms. The maximum atomic E-state index is 9.64. The van der Waals surface area contributed by atoms with Crippen LogP contribution in [0.4, 0.5) is 0 Å². The summed E-state index contributed by atoms with van der Waals surface area (Å²) in [4.78, 5) is 0. The van der Waals surface area contributed by atoms with Crippen molar-refractivity contribution in [2.24, 2.45) is 0 Å². The van der Waals surface area contributed by atoms with Crippen LogP contribution in [0.2, 0.25) is 0 Å². The third-order valence-electron chi connectivity index (χ3n) is 2.50. The molecule has 0 saturated carbocycles. The maximum absolute atomic E-state index is 9.64. The molecule has 0 fully saturated rings. The van der Waals surface area contributed by atoms with Gasteiger partial charge in [0.05, 0.1) is 11.6 Å². The number of hydrogen-bond acceptors (Lipinski definition) is 3. The Kier molecular flexibility index (Phi) is 2.58. The van der Waals surface area contributed by atoms with Crippen LogP contribution in [0.3, 0.4) is 0 Å². The fraction of sp³-hybridized carbons (Fsp3) is 0. The van der Waals surface area contributed by atoms with E-state index in [9.17, 15) is 5.11 Å². The Hall–Kier alpha value is -1.81. The Balaban J connectivity index is 3.77. The Labute approximate surface area is 85.2 Å². The van der Waals surface area contributed by atoms with Gasteiger partial charge in [-0.3, -0.25) is 0 Å². The van der Waals surface area contributed by atoms with E-state index in [0.29, 0.717) is 16.5 Å². The van der Waals surface area contributed by atoms with Gasteiger partial charge in [0.1, 0.15) is 35.4 Å². The molecule has 1 aromatic carbocycles. The van der Waals surface area contributed by atoms with Gasteiger partial charge in [0, 0.05) is 5.56 Å². The Morgan fingerprint density at radius 1 is 0.857 bits per heavy atom. The summed E-state index contributed by atoms with van der Waals surface area (Å²) < 4.78 is 0. The van der Waals surface area contributed by atoms with Crippen molar-refractivity contribution in [1.82, 2.24) is 0 Å². The molecule has 0 radical (unpaired) electrons. The van der Waals surface area contributed by atoms with Gasteiger partial charge in [0.2, 0.25) is 0 Å². The number of phenolic OH excluding ortho intramolecular Hbond substituents is 1. The van der Waals surface area contributed by atoms with E-state index in [1.165, 1.54) is 0 Å². The van der Waals surface area contributed by atoms with E-state index < -0.39 is 0 Å². The van der Waals surface area contributed by atoms with Crippen molar-refractivity contribution in [3.63, 3.8) is 0 Å². The van der Waals surface area contributed by atoms with Gasteiger partial charge in [-0.15, -0.1) is 0 Å². The van der Waals surface area contributed by atoms with Gasteiger partial charge in [0.25, 0.3) is 0 Å². The van der Waals surface area contributed by atoms with E-state index in [0.717, 1.165) is 5.46 Å². The van der Waals surface area contributed by atoms with Crippen LogP contribution in [0, 0.1) is 22.7 Å². The van der Waals surface area contributed by atoms with Gasteiger partial charge in [-0.25, -0.2) is 0 Å². The standard InChI is InChI=1S/C8H7B3N2O/c9-5-3(1-12)7(11)8(14)4(2-13)6(5)10/h14H,9-11H2. The quantitative estimate of drug-likeness (QED) is 0.412. The largest absolute Gasteiger partial charge is 0.507 e. The number of aromatic hydroxyl groups is 1. The van der Waals surface area contributed by atoms with E-state index in [1.807, 2.05) is 12.1 Å². The summed E-state index contributed by atoms with van der Waals surface area (Å²) in [5, 5.41) is 27.3. The highest BCUT2D eigenvalue weighted by molar-refractivity contribution is 6.53. The highest BCUT2D eigenvalue weighted by Crippen LogP contribution is 2.09. The minimum Gasteiger partial charge on any atom is -0.507 e. The SMILES string of the molecule is Bc1c(B)c(C#N)c(O)c(B)c1C#N. The lowest BCUT2D eigenvalue weighted by Crippen LogP contribution is -2.36. The minimum absolute atomic E-state index is 0.0767. The van der Waals surface area contributed by atoms with Gasteiger partial charge in [-0.2, -0.15) is 10.5 Å². The summed E-state index contributed by atoms with van der Waals surface area (Å²) in [5.74, 6) is -0.0767. The van der Waals surface area contributed by atoms with Crippen molar-refractivity contribution in [3.05, 3.63) is 11.1 Å². The third-order valence-corrected chi connectivity index (χ3v) is 2.50. The van der Waals surface area contributed by atoms with Crippen LogP contribution in [0.5, 0.6) is 5.75 Å². The van der Waals surface area contributed by atoms with Crippen molar-refractivity contribution in [3.8, 4) is 17.9 Å². The Morgan fingerprint density at radius 2 is 1.29 bits per heavy atom. The molecular formula is C8H7B3N2O. The molecule has 0 aromatic heterocycles. The van der Waals surface area contributed by atoms with E-state index in [2.05, 4.69) is 0 Å². The molecule has 0 heterocycles. The molecule has 1 aromatic rings. The van der Waals surface area contributed by atoms with Crippen LogP contribution in [-0.2, 0) is 0 Å². The van der Waals surface area contributed by atoms with Gasteiger partial charge < -0.3 is 5.11 Å². The predicted molar refractivity (Wildman–Crippen MR) is 62.1 cm³/mol. The summed E-state index contributed by atoms with van der Waals surface area (Å²) >= 11 is 0. The van der Waals surface area contributed by atoms with E-state index in [1.54, 1.807) is 23.5 Å². The summed E-state index contributed by atoms with van der Waals surface area (Å²) in [6.45, 7) is 0. The summed E-state index contributed by atoms with van der Waals surface area (Å²) in [6, 6.07) is 3.96. The molecule has 6 heteroatoms. The van der Waals surface area contributed by atoms with Crippen LogP contribution in [-0.4, -0.2) is 28.6 Å². The number of rotatable bonds is 0. The molecule has 0 bridgehead atoms. The molecule has 14 heavy (non-hydrogen) atoms. The zero-order chi connectivity index (χ0) is 10.9. The average molecular weight is 180 g/mol. The highest BCUT2D eigenvalue weighted by Gasteiger charge is 2.15. The highest BCUT2D eigenvalue weighted by atomic mass is 16.3. The van der Waals surface area contributed by atoms with Crippen LogP contribution in [0.25, 0.3) is 0 Å². The van der Waals surface area contributed by atoms with E-state index >= 15 is 0 Å². The van der Waals surface area contributed by atoms with Crippen molar-refractivity contribution in [2.75, 3.05) is 0 Å². The summed E-state index contributed by atoms with van der Waals surface area (Å²) in [7, 11) is 5.15. The van der Waals surface area contributed by atoms with Crippen LogP contribution >= 0.6 is 0 Å². The monoisotopic (exact) mass is 180 g/mol. The normalized spacial score (nSPS) is 9.00. The molecule has 0 saturated heterocycles. The molecule has 3 nitrogen and oxygen atoms in total. The lowest BCUT2D eigenvalue weighted by atomic mass is 9.70. The van der Waals surface area contributed by atoms with Crippen molar-refractivity contribution in [1.29, 1.82) is 10.5 Å². The lowest BCUT2D eigenvalue weighted by Gasteiger charge is -2.11. The minimum atomic E-state index is -0.0767. The molecule has 0 atom stereocenters. The smallest absolute Gasteiger partial charge is 0.145 e. The molecule has 1 rings (SSSR count). The molecule has 0 aliphatic rings. The molecular weight excluding hydrogens is 173 g/mol. The van der Waals surface area contributed by atoms with Gasteiger partial charge >= 0.3 is 0 Å². The molecule has 0 unspecified atom stereocenters. The number of hydrogen-bond donors (Lipinski definition) is 1.